The Kier molecular flexibility index (Phi) is 13.9. The molecule has 11 heavy (non-hydrogen) atoms. The largest absolute Gasteiger partial charge is 0.503 e. The minimum atomic E-state index is -1.83. The Balaban J connectivity index is 0. The Hall–Kier alpha value is -0.810. The van der Waals surface area contributed by atoms with Crippen molar-refractivity contribution in [2.75, 3.05) is 6.54 Å². The molecule has 0 aromatic rings. The van der Waals surface area contributed by atoms with Crippen LogP contribution < -0.4 is 5.48 Å². The van der Waals surface area contributed by atoms with E-state index in [-0.39, 0.29) is 0 Å². The Morgan fingerprint density at radius 2 is 1.82 bits per heavy atom. The highest BCUT2D eigenvalue weighted by Gasteiger charge is 1.79. The number of carboxylic acid groups (broad SMARTS) is 2. The molecule has 0 bridgehead atoms. The highest BCUT2D eigenvalue weighted by Crippen LogP contribution is 1.89. The lowest BCUT2D eigenvalue weighted by molar-refractivity contribution is 0.137. The summed E-state index contributed by atoms with van der Waals surface area (Å²) < 4.78 is 0. The van der Waals surface area contributed by atoms with Gasteiger partial charge in [-0.3, -0.25) is 0 Å². The molecule has 5 nitrogen and oxygen atoms in total. The van der Waals surface area contributed by atoms with Crippen LogP contribution in [0.25, 0.3) is 0 Å². The molecule has 0 amide bonds. The van der Waals surface area contributed by atoms with Crippen LogP contribution in [0.5, 0.6) is 0 Å². The van der Waals surface area contributed by atoms with Crippen molar-refractivity contribution in [1.29, 1.82) is 0 Å². The van der Waals surface area contributed by atoms with E-state index in [4.69, 9.17) is 20.2 Å². The van der Waals surface area contributed by atoms with Gasteiger partial charge in [-0.05, 0) is 6.42 Å². The predicted molar refractivity (Wildman–Crippen MR) is 40.0 cm³/mol. The maximum absolute atomic E-state index is 8.56. The van der Waals surface area contributed by atoms with Crippen LogP contribution in [-0.4, -0.2) is 28.1 Å². The van der Waals surface area contributed by atoms with Crippen LogP contribution in [-0.2, 0) is 0 Å². The molecule has 68 valence electrons. The van der Waals surface area contributed by atoms with Gasteiger partial charge in [0, 0.05) is 6.54 Å². The van der Waals surface area contributed by atoms with Crippen LogP contribution in [0.2, 0.25) is 0 Å². The Morgan fingerprint density at radius 3 is 2.09 bits per heavy atom. The van der Waals surface area contributed by atoms with E-state index in [1.165, 1.54) is 12.8 Å². The third-order valence-electron chi connectivity index (χ3n) is 0.892. The van der Waals surface area contributed by atoms with E-state index in [1.54, 1.807) is 0 Å². The van der Waals surface area contributed by atoms with E-state index in [9.17, 15) is 0 Å². The Labute approximate surface area is 65.6 Å². The molecule has 0 spiro atoms. The zero-order valence-corrected chi connectivity index (χ0v) is 6.58. The number of hydrogen-bond acceptors (Lipinski definition) is 3. The van der Waals surface area contributed by atoms with Crippen LogP contribution in [0.15, 0.2) is 0 Å². The SMILES string of the molecule is CCCCCNO.O=C(O)O. The molecule has 0 fully saturated rings. The molecule has 0 aliphatic carbocycles. The van der Waals surface area contributed by atoms with Gasteiger partial charge in [0.05, 0.1) is 0 Å². The van der Waals surface area contributed by atoms with Crippen molar-refractivity contribution < 1.29 is 20.2 Å². The monoisotopic (exact) mass is 165 g/mol. The third kappa shape index (κ3) is 46.7. The van der Waals surface area contributed by atoms with E-state index < -0.39 is 6.16 Å². The number of rotatable bonds is 4. The van der Waals surface area contributed by atoms with E-state index in [1.807, 2.05) is 0 Å². The van der Waals surface area contributed by atoms with Crippen molar-refractivity contribution in [2.45, 2.75) is 26.2 Å². The van der Waals surface area contributed by atoms with Gasteiger partial charge in [0.1, 0.15) is 0 Å². The van der Waals surface area contributed by atoms with Gasteiger partial charge >= 0.3 is 6.16 Å². The molecule has 0 saturated carbocycles. The summed E-state index contributed by atoms with van der Waals surface area (Å²) in [6.45, 7) is 2.87. The average molecular weight is 165 g/mol. The summed E-state index contributed by atoms with van der Waals surface area (Å²) in [6, 6.07) is 0. The standard InChI is InChI=1S/C5H13NO.CH2O3/c1-2-3-4-5-6-7;2-1(3)4/h6-7H,2-5H2,1H3;(H2,2,3,4). The van der Waals surface area contributed by atoms with Gasteiger partial charge < -0.3 is 15.4 Å². The smallest absolute Gasteiger partial charge is 0.450 e. The highest BCUT2D eigenvalue weighted by molar-refractivity contribution is 5.53. The second-order valence-corrected chi connectivity index (χ2v) is 1.90. The highest BCUT2D eigenvalue weighted by atomic mass is 16.6. The van der Waals surface area contributed by atoms with Crippen molar-refractivity contribution >= 4 is 6.16 Å². The van der Waals surface area contributed by atoms with E-state index in [2.05, 4.69) is 12.4 Å². The lowest BCUT2D eigenvalue weighted by Gasteiger charge is -1.92. The third-order valence-corrected chi connectivity index (χ3v) is 0.892. The lowest BCUT2D eigenvalue weighted by atomic mass is 10.3. The van der Waals surface area contributed by atoms with Gasteiger partial charge in [0.25, 0.3) is 0 Å². The van der Waals surface area contributed by atoms with Crippen LogP contribution in [0, 0.1) is 0 Å². The maximum atomic E-state index is 8.56. The van der Waals surface area contributed by atoms with Gasteiger partial charge in [0.2, 0.25) is 0 Å². The molecular weight excluding hydrogens is 150 g/mol. The fraction of sp³-hybridized carbons (Fsp3) is 0.833. The Morgan fingerprint density at radius 1 is 1.36 bits per heavy atom. The Bertz CT molecular complexity index is 78.7. The van der Waals surface area contributed by atoms with Crippen molar-refractivity contribution in [2.24, 2.45) is 0 Å². The summed E-state index contributed by atoms with van der Waals surface area (Å²) in [5, 5.41) is 22.0. The van der Waals surface area contributed by atoms with Gasteiger partial charge in [-0.1, -0.05) is 19.8 Å². The summed E-state index contributed by atoms with van der Waals surface area (Å²) in [5.74, 6) is 0. The number of carbonyl (C=O) groups is 1. The fourth-order valence-corrected chi connectivity index (χ4v) is 0.454. The molecule has 0 rings (SSSR count). The minimum absolute atomic E-state index is 0.730. The number of hydrogen-bond donors (Lipinski definition) is 4. The van der Waals surface area contributed by atoms with Crippen LogP contribution in [0.4, 0.5) is 4.79 Å². The predicted octanol–water partition coefficient (Wildman–Crippen LogP) is 1.38. The second kappa shape index (κ2) is 11.9. The zero-order chi connectivity index (χ0) is 9.11. The van der Waals surface area contributed by atoms with Crippen LogP contribution in [0.3, 0.4) is 0 Å². The number of hydroxylamine groups is 1. The van der Waals surface area contributed by atoms with Gasteiger partial charge in [-0.2, -0.15) is 0 Å². The van der Waals surface area contributed by atoms with Gasteiger partial charge in [-0.15, -0.1) is 0 Å². The van der Waals surface area contributed by atoms with Crippen molar-refractivity contribution in [3.05, 3.63) is 0 Å². The molecule has 0 unspecified atom stereocenters. The summed E-state index contributed by atoms with van der Waals surface area (Å²) in [4.78, 5) is 8.56. The molecule has 0 aliphatic rings. The van der Waals surface area contributed by atoms with Gasteiger partial charge in [-0.25, -0.2) is 10.3 Å². The number of unbranched alkanes of at least 4 members (excludes halogenated alkanes) is 2. The quantitative estimate of drug-likeness (QED) is 0.373. The summed E-state index contributed by atoms with van der Waals surface area (Å²) in [6.07, 6.45) is 1.66. The zero-order valence-electron chi connectivity index (χ0n) is 6.58. The second-order valence-electron chi connectivity index (χ2n) is 1.90. The first-order valence-corrected chi connectivity index (χ1v) is 3.44. The summed E-state index contributed by atoms with van der Waals surface area (Å²) >= 11 is 0. The first-order valence-electron chi connectivity index (χ1n) is 3.44. The molecule has 0 heterocycles. The summed E-state index contributed by atoms with van der Waals surface area (Å²) in [7, 11) is 0. The summed E-state index contributed by atoms with van der Waals surface area (Å²) in [5.41, 5.74) is 2.10. The molecule has 0 saturated heterocycles. The molecule has 4 N–H and O–H groups in total. The van der Waals surface area contributed by atoms with Gasteiger partial charge in [0.15, 0.2) is 0 Å². The molecule has 0 aliphatic heterocycles. The molecular formula is C6H15NO4. The first-order chi connectivity index (χ1) is 5.15. The molecule has 0 aromatic carbocycles. The average Bonchev–Trinajstić information content (AvgIpc) is 1.88. The van der Waals surface area contributed by atoms with Crippen LogP contribution >= 0.6 is 0 Å². The van der Waals surface area contributed by atoms with Crippen molar-refractivity contribution in [3.8, 4) is 0 Å². The molecule has 0 atom stereocenters. The van der Waals surface area contributed by atoms with Crippen molar-refractivity contribution in [1.82, 2.24) is 5.48 Å². The first kappa shape index (κ1) is 12.8. The lowest BCUT2D eigenvalue weighted by Crippen LogP contribution is -2.07. The number of nitrogens with one attached hydrogen (secondary N) is 1. The normalized spacial score (nSPS) is 8.18. The van der Waals surface area contributed by atoms with Crippen LogP contribution in [0.1, 0.15) is 26.2 Å². The topological polar surface area (TPSA) is 89.8 Å². The molecule has 0 radical (unpaired) electrons. The van der Waals surface area contributed by atoms with E-state index in [0.717, 1.165) is 13.0 Å². The molecule has 0 aromatic heterocycles. The minimum Gasteiger partial charge on any atom is -0.450 e. The van der Waals surface area contributed by atoms with E-state index in [0.29, 0.717) is 0 Å². The van der Waals surface area contributed by atoms with E-state index >= 15 is 0 Å². The molecule has 5 heteroatoms. The van der Waals surface area contributed by atoms with Crippen molar-refractivity contribution in [3.63, 3.8) is 0 Å². The maximum Gasteiger partial charge on any atom is 0.503 e. The fourth-order valence-electron chi connectivity index (χ4n) is 0.454.